The molecular weight excluding hydrogens is 596 g/mol. The van der Waals surface area contributed by atoms with E-state index in [1.165, 1.54) is 0 Å². The van der Waals surface area contributed by atoms with E-state index in [0.29, 0.717) is 38.0 Å². The van der Waals surface area contributed by atoms with Gasteiger partial charge < -0.3 is 30.2 Å². The van der Waals surface area contributed by atoms with E-state index in [4.69, 9.17) is 0 Å². The molecule has 1 fully saturated rings. The predicted molar refractivity (Wildman–Crippen MR) is 199 cm³/mol. The zero-order chi connectivity index (χ0) is 33.9. The highest BCUT2D eigenvalue weighted by molar-refractivity contribution is 5.90. The van der Waals surface area contributed by atoms with Gasteiger partial charge in [0.2, 0.25) is 0 Å². The molecule has 2 N–H and O–H groups in total. The molecule has 1 aliphatic carbocycles. The highest BCUT2D eigenvalue weighted by Crippen LogP contribution is 2.31. The van der Waals surface area contributed by atoms with Crippen LogP contribution in [0.4, 0.5) is 32.3 Å². The SMILES string of the molecule is CN(C)c1ccc(NC(=O)N(Cc2ccccc2)C[C@H]2CC[C@H](CN(Cc3ccccc3)C(=O)Nc3ccc(N(C)C)cc3)CC2)cc1. The van der Waals surface area contributed by atoms with Gasteiger partial charge in [-0.3, -0.25) is 0 Å². The van der Waals surface area contributed by atoms with Gasteiger partial charge >= 0.3 is 12.1 Å². The van der Waals surface area contributed by atoms with E-state index in [1.807, 2.05) is 133 Å². The van der Waals surface area contributed by atoms with E-state index < -0.39 is 0 Å². The molecule has 0 bridgehead atoms. The van der Waals surface area contributed by atoms with Crippen LogP contribution in [0.5, 0.6) is 0 Å². The van der Waals surface area contributed by atoms with Crippen molar-refractivity contribution in [1.82, 2.24) is 9.80 Å². The number of urea groups is 2. The normalized spacial score (nSPS) is 15.7. The van der Waals surface area contributed by atoms with Crippen molar-refractivity contribution >= 4 is 34.8 Å². The van der Waals surface area contributed by atoms with Crippen molar-refractivity contribution in [3.8, 4) is 0 Å². The summed E-state index contributed by atoms with van der Waals surface area (Å²) in [5, 5.41) is 6.26. The Kier molecular flexibility index (Phi) is 12.0. The number of amides is 4. The zero-order valence-electron chi connectivity index (χ0n) is 28.8. The van der Waals surface area contributed by atoms with Crippen molar-refractivity contribution in [2.24, 2.45) is 11.8 Å². The summed E-state index contributed by atoms with van der Waals surface area (Å²) >= 11 is 0. The molecule has 48 heavy (non-hydrogen) atoms. The van der Waals surface area contributed by atoms with Gasteiger partial charge in [-0.25, -0.2) is 9.59 Å². The van der Waals surface area contributed by atoms with Crippen molar-refractivity contribution < 1.29 is 9.59 Å². The number of benzene rings is 4. The van der Waals surface area contributed by atoms with Crippen molar-refractivity contribution in [2.75, 3.05) is 61.7 Å². The molecule has 0 atom stereocenters. The highest BCUT2D eigenvalue weighted by atomic mass is 16.2. The second kappa shape index (κ2) is 16.7. The Labute approximate surface area is 286 Å². The standard InChI is InChI=1S/C40H50N6O2/c1-43(2)37-23-19-35(20-24-37)41-39(47)45(27-31-11-7-5-8-12-31)29-33-15-17-34(18-16-33)30-46(28-32-13-9-6-10-14-32)40(48)42-36-21-25-38(26-22-36)44(3)4/h5-14,19-26,33-34H,15-18,27-30H2,1-4H3,(H,41,47)(H,42,48)/t33-,34-. The summed E-state index contributed by atoms with van der Waals surface area (Å²) in [6.45, 7) is 2.51. The Morgan fingerprint density at radius 3 is 1.17 bits per heavy atom. The van der Waals surface area contributed by atoms with Gasteiger partial charge in [-0.05, 0) is 97.2 Å². The van der Waals surface area contributed by atoms with Gasteiger partial charge in [-0.1, -0.05) is 60.7 Å². The summed E-state index contributed by atoms with van der Waals surface area (Å²) in [6.07, 6.45) is 4.09. The first-order valence-corrected chi connectivity index (χ1v) is 17.0. The Hall–Kier alpha value is -4.98. The quantitative estimate of drug-likeness (QED) is 0.162. The maximum Gasteiger partial charge on any atom is 0.322 e. The summed E-state index contributed by atoms with van der Waals surface area (Å²) in [7, 11) is 8.02. The smallest absolute Gasteiger partial charge is 0.322 e. The molecule has 8 heteroatoms. The molecule has 1 saturated carbocycles. The zero-order valence-corrected chi connectivity index (χ0v) is 28.8. The van der Waals surface area contributed by atoms with Crippen LogP contribution in [0.15, 0.2) is 109 Å². The van der Waals surface area contributed by atoms with E-state index >= 15 is 0 Å². The van der Waals surface area contributed by atoms with E-state index in [-0.39, 0.29) is 12.1 Å². The summed E-state index contributed by atoms with van der Waals surface area (Å²) in [4.78, 5) is 35.2. The van der Waals surface area contributed by atoms with Gasteiger partial charge in [0.05, 0.1) is 0 Å². The monoisotopic (exact) mass is 646 g/mol. The number of nitrogens with one attached hydrogen (secondary N) is 2. The molecular formula is C40H50N6O2. The minimum atomic E-state index is -0.0806. The Morgan fingerprint density at radius 1 is 0.521 bits per heavy atom. The summed E-state index contributed by atoms with van der Waals surface area (Å²) in [5.41, 5.74) is 5.98. The van der Waals surface area contributed by atoms with Crippen LogP contribution >= 0.6 is 0 Å². The molecule has 5 rings (SSSR count). The van der Waals surface area contributed by atoms with E-state index in [9.17, 15) is 9.59 Å². The number of hydrogen-bond donors (Lipinski definition) is 2. The van der Waals surface area contributed by atoms with Gasteiger partial charge in [-0.15, -0.1) is 0 Å². The van der Waals surface area contributed by atoms with E-state index in [2.05, 4.69) is 34.9 Å². The first-order chi connectivity index (χ1) is 23.2. The third-order valence-electron chi connectivity index (χ3n) is 9.20. The lowest BCUT2D eigenvalue weighted by Crippen LogP contribution is -2.41. The third-order valence-corrected chi connectivity index (χ3v) is 9.20. The average molecular weight is 647 g/mol. The van der Waals surface area contributed by atoms with Gasteiger partial charge in [0.1, 0.15) is 0 Å². The molecule has 0 aromatic heterocycles. The van der Waals surface area contributed by atoms with Crippen molar-refractivity contribution in [2.45, 2.75) is 38.8 Å². The van der Waals surface area contributed by atoms with Crippen molar-refractivity contribution in [1.29, 1.82) is 0 Å². The van der Waals surface area contributed by atoms with Crippen LogP contribution in [0, 0.1) is 11.8 Å². The fraction of sp³-hybridized carbons (Fsp3) is 0.350. The van der Waals surface area contributed by atoms with Crippen LogP contribution in [0.3, 0.4) is 0 Å². The van der Waals surface area contributed by atoms with E-state index in [1.54, 1.807) is 0 Å². The van der Waals surface area contributed by atoms with Crippen molar-refractivity contribution in [3.63, 3.8) is 0 Å². The Bertz CT molecular complexity index is 1450. The summed E-state index contributed by atoms with van der Waals surface area (Å²) in [5.74, 6) is 0.803. The number of hydrogen-bond acceptors (Lipinski definition) is 4. The van der Waals surface area contributed by atoms with Crippen LogP contribution in [0.1, 0.15) is 36.8 Å². The Balaban J connectivity index is 1.21. The summed E-state index contributed by atoms with van der Waals surface area (Å²) < 4.78 is 0. The van der Waals surface area contributed by atoms with E-state index in [0.717, 1.165) is 59.6 Å². The second-order valence-electron chi connectivity index (χ2n) is 13.4. The van der Waals surface area contributed by atoms with Crippen LogP contribution in [-0.4, -0.2) is 63.1 Å². The molecule has 0 saturated heterocycles. The van der Waals surface area contributed by atoms with Gasteiger partial charge in [0, 0.05) is 77.1 Å². The summed E-state index contributed by atoms with van der Waals surface area (Å²) in [6, 6.07) is 36.1. The van der Waals surface area contributed by atoms with Gasteiger partial charge in [-0.2, -0.15) is 0 Å². The molecule has 0 spiro atoms. The molecule has 1 aliphatic rings. The second-order valence-corrected chi connectivity index (χ2v) is 13.4. The molecule has 252 valence electrons. The van der Waals surface area contributed by atoms with Gasteiger partial charge in [0.15, 0.2) is 0 Å². The topological polar surface area (TPSA) is 71.2 Å². The van der Waals surface area contributed by atoms with Crippen molar-refractivity contribution in [3.05, 3.63) is 120 Å². The number of carbonyl (C=O) groups excluding carboxylic acids is 2. The maximum absolute atomic E-state index is 13.6. The van der Waals surface area contributed by atoms with Crippen LogP contribution in [-0.2, 0) is 13.1 Å². The minimum Gasteiger partial charge on any atom is -0.378 e. The fourth-order valence-corrected chi connectivity index (χ4v) is 6.36. The molecule has 4 aromatic carbocycles. The molecule has 0 aliphatic heterocycles. The first kappa shape index (κ1) is 34.4. The molecule has 0 heterocycles. The highest BCUT2D eigenvalue weighted by Gasteiger charge is 2.28. The minimum absolute atomic E-state index is 0.0806. The lowest BCUT2D eigenvalue weighted by Gasteiger charge is -2.35. The predicted octanol–water partition coefficient (Wildman–Crippen LogP) is 8.39. The lowest BCUT2D eigenvalue weighted by atomic mass is 9.81. The maximum atomic E-state index is 13.6. The molecule has 4 amide bonds. The van der Waals surface area contributed by atoms with Crippen LogP contribution < -0.4 is 20.4 Å². The lowest BCUT2D eigenvalue weighted by molar-refractivity contribution is 0.156. The van der Waals surface area contributed by atoms with Gasteiger partial charge in [0.25, 0.3) is 0 Å². The fourth-order valence-electron chi connectivity index (χ4n) is 6.36. The van der Waals surface area contributed by atoms with Crippen LogP contribution in [0.2, 0.25) is 0 Å². The average Bonchev–Trinajstić information content (AvgIpc) is 3.10. The number of anilines is 4. The largest absolute Gasteiger partial charge is 0.378 e. The molecule has 0 radical (unpaired) electrons. The molecule has 8 nitrogen and oxygen atoms in total. The molecule has 4 aromatic rings. The third kappa shape index (κ3) is 10.0. The number of carbonyl (C=O) groups is 2. The first-order valence-electron chi connectivity index (χ1n) is 17.0. The number of nitrogens with zero attached hydrogens (tertiary/aromatic N) is 4. The number of rotatable bonds is 12. The molecule has 0 unspecified atom stereocenters. The van der Waals surface area contributed by atoms with Crippen LogP contribution in [0.25, 0.3) is 0 Å². The Morgan fingerprint density at radius 2 is 0.854 bits per heavy atom.